The van der Waals surface area contributed by atoms with Gasteiger partial charge in [0.25, 0.3) is 0 Å². The van der Waals surface area contributed by atoms with E-state index < -0.39 is 11.6 Å². The van der Waals surface area contributed by atoms with E-state index in [2.05, 4.69) is 15.3 Å². The molecule has 118 valence electrons. The number of nitrogens with one attached hydrogen (secondary N) is 1. The highest BCUT2D eigenvalue weighted by molar-refractivity contribution is 7.13. The summed E-state index contributed by atoms with van der Waals surface area (Å²) < 4.78 is 32.7. The molecule has 0 atom stereocenters. The summed E-state index contributed by atoms with van der Waals surface area (Å²) in [5.74, 6) is -1.46. The number of hydrogen-bond donors (Lipinski definition) is 1. The molecular weight excluding hydrogens is 324 g/mol. The van der Waals surface area contributed by atoms with E-state index >= 15 is 0 Å². The van der Waals surface area contributed by atoms with Gasteiger partial charge >= 0.3 is 0 Å². The summed E-state index contributed by atoms with van der Waals surface area (Å²) in [6.07, 6.45) is 3.17. The molecule has 1 aromatic carbocycles. The Morgan fingerprint density at radius 1 is 1.26 bits per heavy atom. The van der Waals surface area contributed by atoms with E-state index in [0.29, 0.717) is 5.13 Å². The van der Waals surface area contributed by atoms with Crippen LogP contribution in [0.15, 0.2) is 40.4 Å². The Labute approximate surface area is 134 Å². The van der Waals surface area contributed by atoms with Crippen molar-refractivity contribution in [3.63, 3.8) is 0 Å². The van der Waals surface area contributed by atoms with Gasteiger partial charge in [-0.05, 0) is 12.1 Å². The van der Waals surface area contributed by atoms with Gasteiger partial charge in [0.1, 0.15) is 11.6 Å². The van der Waals surface area contributed by atoms with Crippen molar-refractivity contribution in [2.75, 3.05) is 5.32 Å². The van der Waals surface area contributed by atoms with Crippen LogP contribution in [0.3, 0.4) is 0 Å². The highest BCUT2D eigenvalue weighted by Crippen LogP contribution is 2.26. The van der Waals surface area contributed by atoms with Gasteiger partial charge in [0, 0.05) is 24.4 Å². The Morgan fingerprint density at radius 3 is 2.74 bits per heavy atom. The lowest BCUT2D eigenvalue weighted by Crippen LogP contribution is -2.12. The molecule has 2 heterocycles. The summed E-state index contributed by atoms with van der Waals surface area (Å²) in [5.41, 5.74) is -0.265. The van der Waals surface area contributed by atoms with E-state index in [1.54, 1.807) is 11.6 Å². The van der Waals surface area contributed by atoms with Gasteiger partial charge in [0.15, 0.2) is 16.8 Å². The first-order valence-corrected chi connectivity index (χ1v) is 7.60. The van der Waals surface area contributed by atoms with Gasteiger partial charge in [-0.1, -0.05) is 6.07 Å². The lowest BCUT2D eigenvalue weighted by Gasteiger charge is -2.01. The zero-order chi connectivity index (χ0) is 16.2. The van der Waals surface area contributed by atoms with Crippen molar-refractivity contribution in [3.8, 4) is 11.3 Å². The van der Waals surface area contributed by atoms with E-state index in [-0.39, 0.29) is 36.0 Å². The van der Waals surface area contributed by atoms with E-state index in [1.807, 2.05) is 0 Å². The molecule has 0 aliphatic carbocycles. The number of oxazole rings is 1. The standard InChI is InChI=1S/C15H11F2N3O2S/c16-9-2-1-3-10(17)14(9)11-8-19-13(22-11)5-4-12(21)20-15-18-6-7-23-15/h1-3,6-8H,4-5H2,(H,18,20,21). The first kappa shape index (κ1) is 15.3. The molecule has 0 radical (unpaired) electrons. The number of nitrogens with zero attached hydrogens (tertiary/aromatic N) is 2. The maximum atomic E-state index is 13.7. The second-order valence-corrected chi connectivity index (χ2v) is 5.49. The Kier molecular flexibility index (Phi) is 4.42. The highest BCUT2D eigenvalue weighted by atomic mass is 32.1. The zero-order valence-corrected chi connectivity index (χ0v) is 12.6. The van der Waals surface area contributed by atoms with Crippen molar-refractivity contribution in [1.82, 2.24) is 9.97 Å². The molecule has 8 heteroatoms. The van der Waals surface area contributed by atoms with E-state index in [4.69, 9.17) is 4.42 Å². The van der Waals surface area contributed by atoms with Crippen LogP contribution in [0.5, 0.6) is 0 Å². The van der Waals surface area contributed by atoms with Gasteiger partial charge in [-0.3, -0.25) is 4.79 Å². The smallest absolute Gasteiger partial charge is 0.226 e. The van der Waals surface area contributed by atoms with Crippen LogP contribution in [0.1, 0.15) is 12.3 Å². The first-order chi connectivity index (χ1) is 11.1. The topological polar surface area (TPSA) is 68.0 Å². The minimum absolute atomic E-state index is 0.00377. The fraction of sp³-hybridized carbons (Fsp3) is 0.133. The molecule has 0 saturated heterocycles. The van der Waals surface area contributed by atoms with Crippen molar-refractivity contribution in [1.29, 1.82) is 0 Å². The second kappa shape index (κ2) is 6.66. The van der Waals surface area contributed by atoms with Crippen LogP contribution in [-0.4, -0.2) is 15.9 Å². The monoisotopic (exact) mass is 335 g/mol. The van der Waals surface area contributed by atoms with Gasteiger partial charge in [-0.25, -0.2) is 18.7 Å². The number of aromatic nitrogens is 2. The number of benzene rings is 1. The molecule has 0 saturated carbocycles. The summed E-state index contributed by atoms with van der Waals surface area (Å²) in [5, 5.41) is 4.89. The molecule has 0 aliphatic rings. The Balaban J connectivity index is 1.65. The minimum Gasteiger partial charge on any atom is -0.441 e. The third kappa shape index (κ3) is 3.59. The summed E-state index contributed by atoms with van der Waals surface area (Å²) in [7, 11) is 0. The normalized spacial score (nSPS) is 10.7. The molecule has 0 bridgehead atoms. The summed E-state index contributed by atoms with van der Waals surface area (Å²) in [6.45, 7) is 0. The molecular formula is C15H11F2N3O2S. The summed E-state index contributed by atoms with van der Waals surface area (Å²) in [4.78, 5) is 19.6. The fourth-order valence-electron chi connectivity index (χ4n) is 1.96. The Hall–Kier alpha value is -2.61. The predicted octanol–water partition coefficient (Wildman–Crippen LogP) is 3.65. The molecule has 0 aliphatic heterocycles. The molecule has 5 nitrogen and oxygen atoms in total. The highest BCUT2D eigenvalue weighted by Gasteiger charge is 2.16. The van der Waals surface area contributed by atoms with Crippen LogP contribution >= 0.6 is 11.3 Å². The van der Waals surface area contributed by atoms with Crippen LogP contribution in [0.2, 0.25) is 0 Å². The lowest BCUT2D eigenvalue weighted by atomic mass is 10.1. The van der Waals surface area contributed by atoms with Gasteiger partial charge < -0.3 is 9.73 Å². The largest absolute Gasteiger partial charge is 0.441 e. The van der Waals surface area contributed by atoms with Crippen molar-refractivity contribution >= 4 is 22.4 Å². The molecule has 1 N–H and O–H groups in total. The average molecular weight is 335 g/mol. The van der Waals surface area contributed by atoms with E-state index in [1.165, 1.54) is 23.6 Å². The lowest BCUT2D eigenvalue weighted by molar-refractivity contribution is -0.116. The number of carbonyl (C=O) groups is 1. The third-order valence-corrected chi connectivity index (χ3v) is 3.70. The molecule has 0 unspecified atom stereocenters. The number of carbonyl (C=O) groups excluding carboxylic acids is 1. The van der Waals surface area contributed by atoms with Crippen LogP contribution < -0.4 is 5.32 Å². The van der Waals surface area contributed by atoms with Crippen LogP contribution in [-0.2, 0) is 11.2 Å². The molecule has 0 spiro atoms. The van der Waals surface area contributed by atoms with Crippen molar-refractivity contribution in [2.24, 2.45) is 0 Å². The number of aryl methyl sites for hydroxylation is 1. The fourth-order valence-corrected chi connectivity index (χ4v) is 2.51. The SMILES string of the molecule is O=C(CCc1ncc(-c2c(F)cccc2F)o1)Nc1nccs1. The molecule has 3 rings (SSSR count). The van der Waals surface area contributed by atoms with E-state index in [9.17, 15) is 13.6 Å². The number of rotatable bonds is 5. The molecule has 0 fully saturated rings. The average Bonchev–Trinajstić information content (AvgIpc) is 3.17. The number of halogens is 2. The number of amides is 1. The number of thiazole rings is 1. The van der Waals surface area contributed by atoms with Crippen LogP contribution in [0.25, 0.3) is 11.3 Å². The Bertz CT molecular complexity index is 798. The quantitative estimate of drug-likeness (QED) is 0.773. The summed E-state index contributed by atoms with van der Waals surface area (Å²) in [6, 6.07) is 3.55. The van der Waals surface area contributed by atoms with Gasteiger partial charge in [-0.15, -0.1) is 11.3 Å². The van der Waals surface area contributed by atoms with Crippen molar-refractivity contribution in [3.05, 3.63) is 53.5 Å². The minimum atomic E-state index is -0.728. The number of hydrogen-bond acceptors (Lipinski definition) is 5. The third-order valence-electron chi connectivity index (χ3n) is 3.01. The maximum absolute atomic E-state index is 13.7. The molecule has 1 amide bonds. The van der Waals surface area contributed by atoms with Crippen LogP contribution in [0, 0.1) is 11.6 Å². The maximum Gasteiger partial charge on any atom is 0.226 e. The van der Waals surface area contributed by atoms with Gasteiger partial charge in [0.2, 0.25) is 5.91 Å². The second-order valence-electron chi connectivity index (χ2n) is 4.60. The van der Waals surface area contributed by atoms with Crippen LogP contribution in [0.4, 0.5) is 13.9 Å². The Morgan fingerprint density at radius 2 is 2.04 bits per heavy atom. The first-order valence-electron chi connectivity index (χ1n) is 6.72. The van der Waals surface area contributed by atoms with Crippen molar-refractivity contribution in [2.45, 2.75) is 12.8 Å². The predicted molar refractivity (Wildman–Crippen MR) is 80.9 cm³/mol. The van der Waals surface area contributed by atoms with Gasteiger partial charge in [0.05, 0.1) is 11.8 Å². The number of anilines is 1. The van der Waals surface area contributed by atoms with Gasteiger partial charge in [-0.2, -0.15) is 0 Å². The molecule has 3 aromatic rings. The van der Waals surface area contributed by atoms with Crippen molar-refractivity contribution < 1.29 is 18.0 Å². The molecule has 23 heavy (non-hydrogen) atoms. The zero-order valence-electron chi connectivity index (χ0n) is 11.8. The molecule has 2 aromatic heterocycles. The van der Waals surface area contributed by atoms with E-state index in [0.717, 1.165) is 12.1 Å². The summed E-state index contributed by atoms with van der Waals surface area (Å²) >= 11 is 1.31.